The minimum atomic E-state index is -0.747. The first-order chi connectivity index (χ1) is 9.13. The average Bonchev–Trinajstić information content (AvgIpc) is 2.85. The molecule has 4 nitrogen and oxygen atoms in total. The second kappa shape index (κ2) is 5.79. The van der Waals surface area contributed by atoms with Crippen LogP contribution < -0.4 is 10.5 Å². The molecule has 0 fully saturated rings. The van der Waals surface area contributed by atoms with Gasteiger partial charge in [0.1, 0.15) is 6.61 Å². The molecule has 0 radical (unpaired) electrons. The number of benzene rings is 1. The van der Waals surface area contributed by atoms with Crippen molar-refractivity contribution in [2.75, 3.05) is 0 Å². The molecule has 0 amide bonds. The molecule has 1 aromatic heterocycles. The molecular formula is C13H15F2N3O. The van der Waals surface area contributed by atoms with Crippen LogP contribution in [-0.4, -0.2) is 9.78 Å². The molecule has 1 aromatic carbocycles. The van der Waals surface area contributed by atoms with Crippen LogP contribution in [0.15, 0.2) is 24.5 Å². The van der Waals surface area contributed by atoms with Crippen LogP contribution in [0.3, 0.4) is 0 Å². The van der Waals surface area contributed by atoms with Crippen molar-refractivity contribution < 1.29 is 13.5 Å². The monoisotopic (exact) mass is 267 g/mol. The molecule has 0 saturated carbocycles. The Morgan fingerprint density at radius 2 is 1.95 bits per heavy atom. The van der Waals surface area contributed by atoms with E-state index in [1.807, 2.05) is 6.92 Å². The second-order valence-electron chi connectivity index (χ2n) is 4.09. The highest BCUT2D eigenvalue weighted by Gasteiger charge is 2.12. The van der Waals surface area contributed by atoms with Crippen molar-refractivity contribution in [3.05, 3.63) is 47.3 Å². The van der Waals surface area contributed by atoms with Gasteiger partial charge in [-0.25, -0.2) is 8.78 Å². The summed E-state index contributed by atoms with van der Waals surface area (Å²) in [6.45, 7) is 2.82. The first-order valence-corrected chi connectivity index (χ1v) is 5.96. The summed E-state index contributed by atoms with van der Waals surface area (Å²) < 4.78 is 34.1. The van der Waals surface area contributed by atoms with Gasteiger partial charge >= 0.3 is 0 Å². The summed E-state index contributed by atoms with van der Waals surface area (Å²) in [6, 6.07) is 2.35. The van der Waals surface area contributed by atoms with Crippen LogP contribution in [0.4, 0.5) is 8.78 Å². The SMILES string of the molecule is CCn1cc(COc2c(F)cc(CN)cc2F)cn1. The summed E-state index contributed by atoms with van der Waals surface area (Å²) in [7, 11) is 0. The summed E-state index contributed by atoms with van der Waals surface area (Å²) >= 11 is 0. The van der Waals surface area contributed by atoms with Crippen molar-refractivity contribution in [3.8, 4) is 5.75 Å². The Hall–Kier alpha value is -1.95. The van der Waals surface area contributed by atoms with E-state index < -0.39 is 11.6 Å². The number of aromatic nitrogens is 2. The molecule has 0 spiro atoms. The molecule has 6 heteroatoms. The van der Waals surface area contributed by atoms with Crippen LogP contribution in [0.5, 0.6) is 5.75 Å². The van der Waals surface area contributed by atoms with Gasteiger partial charge in [0, 0.05) is 24.8 Å². The highest BCUT2D eigenvalue weighted by Crippen LogP contribution is 2.24. The van der Waals surface area contributed by atoms with E-state index in [9.17, 15) is 8.78 Å². The van der Waals surface area contributed by atoms with Crippen LogP contribution in [0.1, 0.15) is 18.1 Å². The number of halogens is 2. The van der Waals surface area contributed by atoms with Crippen molar-refractivity contribution in [2.45, 2.75) is 26.6 Å². The largest absolute Gasteiger partial charge is 0.483 e. The molecule has 0 aliphatic heterocycles. The molecular weight excluding hydrogens is 252 g/mol. The predicted molar refractivity (Wildman–Crippen MR) is 66.5 cm³/mol. The summed E-state index contributed by atoms with van der Waals surface area (Å²) in [5, 5.41) is 4.05. The Morgan fingerprint density at radius 3 is 2.47 bits per heavy atom. The van der Waals surface area contributed by atoms with E-state index in [1.54, 1.807) is 17.1 Å². The molecule has 0 aliphatic rings. The predicted octanol–water partition coefficient (Wildman–Crippen LogP) is 2.22. The lowest BCUT2D eigenvalue weighted by Crippen LogP contribution is -2.03. The van der Waals surface area contributed by atoms with Crippen molar-refractivity contribution in [3.63, 3.8) is 0 Å². The lowest BCUT2D eigenvalue weighted by atomic mass is 10.2. The molecule has 0 bridgehead atoms. The van der Waals surface area contributed by atoms with E-state index >= 15 is 0 Å². The molecule has 0 atom stereocenters. The van der Waals surface area contributed by atoms with E-state index in [4.69, 9.17) is 10.5 Å². The maximum Gasteiger partial charge on any atom is 0.191 e. The van der Waals surface area contributed by atoms with Gasteiger partial charge in [0.25, 0.3) is 0 Å². The third kappa shape index (κ3) is 3.08. The maximum atomic E-state index is 13.6. The van der Waals surface area contributed by atoms with Gasteiger partial charge in [0.15, 0.2) is 17.4 Å². The number of hydrogen-bond donors (Lipinski definition) is 1. The van der Waals surface area contributed by atoms with Gasteiger partial charge < -0.3 is 10.5 Å². The lowest BCUT2D eigenvalue weighted by molar-refractivity contribution is 0.273. The van der Waals surface area contributed by atoms with Crippen LogP contribution in [0.2, 0.25) is 0 Å². The van der Waals surface area contributed by atoms with Crippen LogP contribution in [0, 0.1) is 11.6 Å². The van der Waals surface area contributed by atoms with Gasteiger partial charge in [0.2, 0.25) is 0 Å². The topological polar surface area (TPSA) is 53.1 Å². The summed E-state index contributed by atoms with van der Waals surface area (Å²) in [6.07, 6.45) is 3.37. The molecule has 0 aliphatic carbocycles. The zero-order chi connectivity index (χ0) is 13.8. The molecule has 0 unspecified atom stereocenters. The van der Waals surface area contributed by atoms with Crippen molar-refractivity contribution in [1.82, 2.24) is 9.78 Å². The Bertz CT molecular complexity index is 546. The van der Waals surface area contributed by atoms with E-state index in [0.717, 1.165) is 12.1 Å². The summed E-state index contributed by atoms with van der Waals surface area (Å²) in [4.78, 5) is 0. The van der Waals surface area contributed by atoms with Crippen molar-refractivity contribution in [2.24, 2.45) is 5.73 Å². The molecule has 1 heterocycles. The summed E-state index contributed by atoms with van der Waals surface area (Å²) in [5.41, 5.74) is 6.48. The van der Waals surface area contributed by atoms with Crippen LogP contribution in [0.25, 0.3) is 0 Å². The summed E-state index contributed by atoms with van der Waals surface area (Å²) in [5.74, 6) is -1.88. The minimum absolute atomic E-state index is 0.0653. The van der Waals surface area contributed by atoms with Gasteiger partial charge in [-0.15, -0.1) is 0 Å². The fraction of sp³-hybridized carbons (Fsp3) is 0.308. The number of nitrogens with zero attached hydrogens (tertiary/aromatic N) is 2. The zero-order valence-electron chi connectivity index (χ0n) is 10.6. The molecule has 2 aromatic rings. The van der Waals surface area contributed by atoms with E-state index in [1.165, 1.54) is 12.1 Å². The maximum absolute atomic E-state index is 13.6. The third-order valence-electron chi connectivity index (χ3n) is 2.69. The molecule has 2 rings (SSSR count). The average molecular weight is 267 g/mol. The highest BCUT2D eigenvalue weighted by atomic mass is 19.1. The molecule has 102 valence electrons. The van der Waals surface area contributed by atoms with E-state index in [0.29, 0.717) is 5.56 Å². The lowest BCUT2D eigenvalue weighted by Gasteiger charge is -2.08. The first kappa shape index (κ1) is 13.5. The van der Waals surface area contributed by atoms with Gasteiger partial charge in [-0.2, -0.15) is 5.10 Å². The van der Waals surface area contributed by atoms with Gasteiger partial charge in [-0.3, -0.25) is 4.68 Å². The fourth-order valence-corrected chi connectivity index (χ4v) is 1.68. The second-order valence-corrected chi connectivity index (χ2v) is 4.09. The van der Waals surface area contributed by atoms with Gasteiger partial charge in [-0.05, 0) is 24.6 Å². The van der Waals surface area contributed by atoms with Gasteiger partial charge in [-0.1, -0.05) is 0 Å². The minimum Gasteiger partial charge on any atom is -0.483 e. The Kier molecular flexibility index (Phi) is 4.11. The number of hydrogen-bond acceptors (Lipinski definition) is 3. The Morgan fingerprint density at radius 1 is 1.26 bits per heavy atom. The number of rotatable bonds is 5. The smallest absolute Gasteiger partial charge is 0.191 e. The standard InChI is InChI=1S/C13H15F2N3O/c1-2-18-7-10(6-17-18)8-19-13-11(14)3-9(5-16)4-12(13)15/h3-4,6-7H,2,5,8,16H2,1H3. The van der Waals surface area contributed by atoms with E-state index in [2.05, 4.69) is 5.10 Å². The zero-order valence-corrected chi connectivity index (χ0v) is 10.6. The van der Waals surface area contributed by atoms with Crippen LogP contribution in [-0.2, 0) is 19.7 Å². The van der Waals surface area contributed by atoms with E-state index in [-0.39, 0.29) is 18.9 Å². The third-order valence-corrected chi connectivity index (χ3v) is 2.69. The van der Waals surface area contributed by atoms with Crippen LogP contribution >= 0.6 is 0 Å². The number of aryl methyl sites for hydroxylation is 1. The molecule has 2 N–H and O–H groups in total. The quantitative estimate of drug-likeness (QED) is 0.903. The van der Waals surface area contributed by atoms with Crippen molar-refractivity contribution >= 4 is 0 Å². The van der Waals surface area contributed by atoms with Crippen molar-refractivity contribution in [1.29, 1.82) is 0 Å². The molecule has 19 heavy (non-hydrogen) atoms. The van der Waals surface area contributed by atoms with Gasteiger partial charge in [0.05, 0.1) is 6.20 Å². The highest BCUT2D eigenvalue weighted by molar-refractivity contribution is 5.31. The normalized spacial score (nSPS) is 10.7. The Labute approximate surface area is 109 Å². The number of nitrogens with two attached hydrogens (primary N) is 1. The number of ether oxygens (including phenoxy) is 1. The first-order valence-electron chi connectivity index (χ1n) is 5.96. The molecule has 0 saturated heterocycles. The fourth-order valence-electron chi connectivity index (χ4n) is 1.68. The Balaban J connectivity index is 2.11.